The number of carbonyl (C=O) groups excluding carboxylic acids is 1. The molecule has 3 rings (SSSR count). The molecular weight excluding hydrogens is 369 g/mol. The molecule has 0 N–H and O–H groups in total. The van der Waals surface area contributed by atoms with E-state index < -0.39 is 32.4 Å². The van der Waals surface area contributed by atoms with Crippen molar-refractivity contribution in [1.82, 2.24) is 9.21 Å². The van der Waals surface area contributed by atoms with Gasteiger partial charge in [0.1, 0.15) is 17.5 Å². The number of nitrogens with zero attached hydrogens (tertiary/aromatic N) is 2. The Balaban J connectivity index is 1.74. The van der Waals surface area contributed by atoms with Gasteiger partial charge >= 0.3 is 0 Å². The van der Waals surface area contributed by atoms with E-state index in [1.54, 1.807) is 0 Å². The fourth-order valence-electron chi connectivity index (χ4n) is 2.76. The van der Waals surface area contributed by atoms with Crippen LogP contribution in [0.1, 0.15) is 10.4 Å². The van der Waals surface area contributed by atoms with Crippen LogP contribution in [0.4, 0.5) is 13.2 Å². The van der Waals surface area contributed by atoms with Crippen molar-refractivity contribution in [3.05, 3.63) is 65.5 Å². The summed E-state index contributed by atoms with van der Waals surface area (Å²) in [6.45, 7) is -0.0664. The standard InChI is InChI=1S/C17H15F3N2O3S/c18-13-6-4-12(5-7-13)17(23)21-8-10-22(11-9-21)26(24,25)16-14(19)2-1-3-15(16)20/h1-7H,8-11H2. The summed E-state index contributed by atoms with van der Waals surface area (Å²) in [5.74, 6) is -3.15. The molecule has 9 heteroatoms. The van der Waals surface area contributed by atoms with Gasteiger partial charge in [-0.15, -0.1) is 0 Å². The second kappa shape index (κ2) is 7.08. The summed E-state index contributed by atoms with van der Waals surface area (Å²) in [5.41, 5.74) is 0.280. The summed E-state index contributed by atoms with van der Waals surface area (Å²) in [7, 11) is -4.35. The zero-order valence-electron chi connectivity index (χ0n) is 13.5. The Morgan fingerprint density at radius 3 is 1.92 bits per heavy atom. The lowest BCUT2D eigenvalue weighted by molar-refractivity contribution is 0.0697. The summed E-state index contributed by atoms with van der Waals surface area (Å²) in [4.78, 5) is 12.8. The number of piperazine rings is 1. The van der Waals surface area contributed by atoms with Gasteiger partial charge in [-0.3, -0.25) is 4.79 Å². The number of carbonyl (C=O) groups is 1. The van der Waals surface area contributed by atoms with E-state index in [-0.39, 0.29) is 37.6 Å². The van der Waals surface area contributed by atoms with E-state index in [9.17, 15) is 26.4 Å². The number of hydrogen-bond acceptors (Lipinski definition) is 3. The maximum absolute atomic E-state index is 13.8. The van der Waals surface area contributed by atoms with Crippen LogP contribution in [0, 0.1) is 17.5 Å². The van der Waals surface area contributed by atoms with Crippen LogP contribution in [-0.4, -0.2) is 49.7 Å². The number of benzene rings is 2. The third-order valence-corrected chi connectivity index (χ3v) is 6.08. The van der Waals surface area contributed by atoms with E-state index in [2.05, 4.69) is 0 Å². The molecule has 0 aliphatic carbocycles. The summed E-state index contributed by atoms with van der Waals surface area (Å²) < 4.78 is 66.6. The van der Waals surface area contributed by atoms with Gasteiger partial charge in [0.2, 0.25) is 10.0 Å². The Morgan fingerprint density at radius 2 is 1.38 bits per heavy atom. The van der Waals surface area contributed by atoms with Crippen molar-refractivity contribution in [3.63, 3.8) is 0 Å². The van der Waals surface area contributed by atoms with Crippen molar-refractivity contribution in [2.24, 2.45) is 0 Å². The lowest BCUT2D eigenvalue weighted by Gasteiger charge is -2.34. The number of rotatable bonds is 3. The summed E-state index contributed by atoms with van der Waals surface area (Å²) >= 11 is 0. The quantitative estimate of drug-likeness (QED) is 0.816. The Labute approximate surface area is 148 Å². The first-order chi connectivity index (χ1) is 12.3. The number of amides is 1. The first kappa shape index (κ1) is 18.4. The predicted octanol–water partition coefficient (Wildman–Crippen LogP) is 2.25. The van der Waals surface area contributed by atoms with Crippen molar-refractivity contribution >= 4 is 15.9 Å². The number of hydrogen-bond donors (Lipinski definition) is 0. The molecule has 5 nitrogen and oxygen atoms in total. The second-order valence-corrected chi connectivity index (χ2v) is 7.63. The highest BCUT2D eigenvalue weighted by Gasteiger charge is 2.34. The molecule has 1 amide bonds. The van der Waals surface area contributed by atoms with Crippen LogP contribution in [0.25, 0.3) is 0 Å². The van der Waals surface area contributed by atoms with Gasteiger partial charge in [-0.2, -0.15) is 4.31 Å². The topological polar surface area (TPSA) is 57.7 Å². The highest BCUT2D eigenvalue weighted by Crippen LogP contribution is 2.24. The molecule has 0 atom stereocenters. The third-order valence-electron chi connectivity index (χ3n) is 4.13. The first-order valence-electron chi connectivity index (χ1n) is 7.80. The fraction of sp³-hybridized carbons (Fsp3) is 0.235. The van der Waals surface area contributed by atoms with Crippen molar-refractivity contribution < 1.29 is 26.4 Å². The molecule has 1 aliphatic heterocycles. The number of halogens is 3. The first-order valence-corrected chi connectivity index (χ1v) is 9.24. The summed E-state index contributed by atoms with van der Waals surface area (Å²) in [6, 6.07) is 7.85. The normalized spacial score (nSPS) is 15.9. The highest BCUT2D eigenvalue weighted by atomic mass is 32.2. The van der Waals surface area contributed by atoms with Gasteiger partial charge < -0.3 is 4.90 Å². The van der Waals surface area contributed by atoms with Gasteiger partial charge in [0, 0.05) is 31.7 Å². The summed E-state index contributed by atoms with van der Waals surface area (Å²) in [6.07, 6.45) is 0. The molecule has 138 valence electrons. The van der Waals surface area contributed by atoms with E-state index in [0.29, 0.717) is 0 Å². The van der Waals surface area contributed by atoms with Gasteiger partial charge in [0.05, 0.1) is 0 Å². The molecule has 26 heavy (non-hydrogen) atoms. The van der Waals surface area contributed by atoms with Gasteiger partial charge in [-0.1, -0.05) is 6.07 Å². The van der Waals surface area contributed by atoms with Crippen LogP contribution in [0.5, 0.6) is 0 Å². The molecule has 1 heterocycles. The largest absolute Gasteiger partial charge is 0.336 e. The molecule has 2 aromatic rings. The van der Waals surface area contributed by atoms with E-state index in [1.165, 1.54) is 17.0 Å². The predicted molar refractivity (Wildman–Crippen MR) is 87.4 cm³/mol. The molecular formula is C17H15F3N2O3S. The Morgan fingerprint density at radius 1 is 0.846 bits per heavy atom. The van der Waals surface area contributed by atoms with Crippen molar-refractivity contribution in [2.45, 2.75) is 4.90 Å². The van der Waals surface area contributed by atoms with Crippen LogP contribution >= 0.6 is 0 Å². The maximum Gasteiger partial charge on any atom is 0.253 e. The van der Waals surface area contributed by atoms with E-state index >= 15 is 0 Å². The van der Waals surface area contributed by atoms with Gasteiger partial charge in [0.15, 0.2) is 4.90 Å². The van der Waals surface area contributed by atoms with Crippen molar-refractivity contribution in [1.29, 1.82) is 0 Å². The molecule has 1 aliphatic rings. The molecule has 0 bridgehead atoms. The van der Waals surface area contributed by atoms with Crippen LogP contribution in [0.2, 0.25) is 0 Å². The third kappa shape index (κ3) is 3.45. The second-order valence-electron chi connectivity index (χ2n) is 5.75. The monoisotopic (exact) mass is 384 g/mol. The van der Waals surface area contributed by atoms with E-state index in [1.807, 2.05) is 0 Å². The van der Waals surface area contributed by atoms with Crippen LogP contribution in [-0.2, 0) is 10.0 Å². The molecule has 0 aromatic heterocycles. The van der Waals surface area contributed by atoms with Gasteiger partial charge in [-0.25, -0.2) is 21.6 Å². The number of sulfonamides is 1. The van der Waals surface area contributed by atoms with Crippen LogP contribution in [0.15, 0.2) is 47.4 Å². The average Bonchev–Trinajstić information content (AvgIpc) is 2.61. The lowest BCUT2D eigenvalue weighted by atomic mass is 10.2. The van der Waals surface area contributed by atoms with Gasteiger partial charge in [-0.05, 0) is 36.4 Å². The zero-order valence-corrected chi connectivity index (χ0v) is 14.3. The lowest BCUT2D eigenvalue weighted by Crippen LogP contribution is -2.50. The average molecular weight is 384 g/mol. The SMILES string of the molecule is O=C(c1ccc(F)cc1)N1CCN(S(=O)(=O)c2c(F)cccc2F)CC1. The van der Waals surface area contributed by atoms with Crippen LogP contribution in [0.3, 0.4) is 0 Å². The highest BCUT2D eigenvalue weighted by molar-refractivity contribution is 7.89. The molecule has 1 saturated heterocycles. The van der Waals surface area contributed by atoms with Crippen LogP contribution < -0.4 is 0 Å². The molecule has 0 saturated carbocycles. The fourth-order valence-corrected chi connectivity index (χ4v) is 4.30. The minimum absolute atomic E-state index is 0.0610. The molecule has 1 fully saturated rings. The summed E-state index contributed by atoms with van der Waals surface area (Å²) in [5, 5.41) is 0. The molecule has 0 spiro atoms. The Kier molecular flexibility index (Phi) is 5.01. The maximum atomic E-state index is 13.8. The minimum atomic E-state index is -4.35. The minimum Gasteiger partial charge on any atom is -0.336 e. The van der Waals surface area contributed by atoms with E-state index in [4.69, 9.17) is 0 Å². The Hall–Kier alpha value is -2.39. The Bertz CT molecular complexity index is 905. The van der Waals surface area contributed by atoms with E-state index in [0.717, 1.165) is 34.6 Å². The van der Waals surface area contributed by atoms with Crippen molar-refractivity contribution in [3.8, 4) is 0 Å². The smallest absolute Gasteiger partial charge is 0.253 e. The van der Waals surface area contributed by atoms with Gasteiger partial charge in [0.25, 0.3) is 5.91 Å². The molecule has 2 aromatic carbocycles. The zero-order chi connectivity index (χ0) is 18.9. The molecule has 0 unspecified atom stereocenters. The van der Waals surface area contributed by atoms with Crippen molar-refractivity contribution in [2.75, 3.05) is 26.2 Å². The molecule has 0 radical (unpaired) electrons.